The molecule has 0 saturated heterocycles. The first-order valence-corrected chi connectivity index (χ1v) is 5.13. The zero-order valence-electron chi connectivity index (χ0n) is 9.03. The molecule has 0 aliphatic heterocycles. The number of ether oxygens (including phenoxy) is 1. The van der Waals surface area contributed by atoms with Gasteiger partial charge in [0.1, 0.15) is 12.0 Å². The van der Waals surface area contributed by atoms with Crippen LogP contribution in [0.5, 0.6) is 5.88 Å². The van der Waals surface area contributed by atoms with Gasteiger partial charge in [0, 0.05) is 6.04 Å². The Kier molecular flexibility index (Phi) is 2.62. The third kappa shape index (κ3) is 2.11. The number of nitrogens with zero attached hydrogens (tertiary/aromatic N) is 2. The van der Waals surface area contributed by atoms with E-state index in [2.05, 4.69) is 22.2 Å². The standard InChI is InChI=1S/C10H16N4O/c1-6(7-3-4-7)14-9-8(11)10(15-2)13-5-12-9/h5-7H,3-4,11H2,1-2H3,(H,12,13,14). The molecule has 1 aromatic rings. The van der Waals surface area contributed by atoms with Crippen molar-refractivity contribution in [2.24, 2.45) is 5.92 Å². The molecule has 1 saturated carbocycles. The summed E-state index contributed by atoms with van der Waals surface area (Å²) in [5.74, 6) is 1.85. The maximum Gasteiger partial charge on any atom is 0.242 e. The highest BCUT2D eigenvalue weighted by Gasteiger charge is 2.28. The molecule has 1 heterocycles. The zero-order valence-corrected chi connectivity index (χ0v) is 9.03. The fourth-order valence-electron chi connectivity index (χ4n) is 1.59. The van der Waals surface area contributed by atoms with Crippen molar-refractivity contribution in [3.05, 3.63) is 6.33 Å². The van der Waals surface area contributed by atoms with Gasteiger partial charge in [-0.3, -0.25) is 0 Å². The van der Waals surface area contributed by atoms with E-state index in [1.165, 1.54) is 19.2 Å². The maximum absolute atomic E-state index is 5.85. The summed E-state index contributed by atoms with van der Waals surface area (Å²) in [7, 11) is 1.55. The van der Waals surface area contributed by atoms with E-state index in [9.17, 15) is 0 Å². The molecule has 1 fully saturated rings. The van der Waals surface area contributed by atoms with E-state index in [4.69, 9.17) is 10.5 Å². The molecular weight excluding hydrogens is 192 g/mol. The van der Waals surface area contributed by atoms with Crippen LogP contribution in [0.15, 0.2) is 6.33 Å². The quantitative estimate of drug-likeness (QED) is 0.779. The molecule has 0 aromatic carbocycles. The summed E-state index contributed by atoms with van der Waals surface area (Å²) >= 11 is 0. The third-order valence-corrected chi connectivity index (χ3v) is 2.73. The largest absolute Gasteiger partial charge is 0.479 e. The Hall–Kier alpha value is -1.52. The van der Waals surface area contributed by atoms with E-state index >= 15 is 0 Å². The third-order valence-electron chi connectivity index (χ3n) is 2.73. The highest BCUT2D eigenvalue weighted by atomic mass is 16.5. The summed E-state index contributed by atoms with van der Waals surface area (Å²) < 4.78 is 5.03. The van der Waals surface area contributed by atoms with E-state index in [1.807, 2.05) is 0 Å². The van der Waals surface area contributed by atoms with Gasteiger partial charge in [0.25, 0.3) is 0 Å². The number of aromatic nitrogens is 2. The number of rotatable bonds is 4. The topological polar surface area (TPSA) is 73.1 Å². The number of nitrogens with two attached hydrogens (primary N) is 1. The molecule has 15 heavy (non-hydrogen) atoms. The zero-order chi connectivity index (χ0) is 10.8. The van der Waals surface area contributed by atoms with Crippen LogP contribution in [-0.2, 0) is 0 Å². The molecule has 5 heteroatoms. The van der Waals surface area contributed by atoms with E-state index in [0.29, 0.717) is 23.4 Å². The van der Waals surface area contributed by atoms with Crippen LogP contribution < -0.4 is 15.8 Å². The molecule has 1 aromatic heterocycles. The molecule has 5 nitrogen and oxygen atoms in total. The van der Waals surface area contributed by atoms with Crippen LogP contribution in [-0.4, -0.2) is 23.1 Å². The number of nitrogens with one attached hydrogen (secondary N) is 1. The minimum Gasteiger partial charge on any atom is -0.479 e. The van der Waals surface area contributed by atoms with E-state index in [-0.39, 0.29) is 0 Å². The van der Waals surface area contributed by atoms with Crippen LogP contribution in [0.3, 0.4) is 0 Å². The summed E-state index contributed by atoms with van der Waals surface area (Å²) in [4.78, 5) is 8.04. The molecule has 0 radical (unpaired) electrons. The predicted octanol–water partition coefficient (Wildman–Crippen LogP) is 1.28. The van der Waals surface area contributed by atoms with Gasteiger partial charge in [0.15, 0.2) is 5.82 Å². The fourth-order valence-corrected chi connectivity index (χ4v) is 1.59. The van der Waals surface area contributed by atoms with Crippen LogP contribution in [0.4, 0.5) is 11.5 Å². The van der Waals surface area contributed by atoms with Crippen LogP contribution in [0, 0.1) is 5.92 Å². The lowest BCUT2D eigenvalue weighted by atomic mass is 10.2. The Morgan fingerprint density at radius 3 is 2.87 bits per heavy atom. The van der Waals surface area contributed by atoms with E-state index in [0.717, 1.165) is 5.92 Å². The predicted molar refractivity (Wildman–Crippen MR) is 58.8 cm³/mol. The SMILES string of the molecule is COc1ncnc(NC(C)C2CC2)c1N. The maximum atomic E-state index is 5.85. The monoisotopic (exact) mass is 208 g/mol. The number of nitrogen functional groups attached to an aromatic ring is 1. The molecule has 1 unspecified atom stereocenters. The summed E-state index contributed by atoms with van der Waals surface area (Å²) in [5.41, 5.74) is 6.33. The Bertz CT molecular complexity index is 351. The minimum atomic E-state index is 0.409. The molecule has 1 atom stereocenters. The number of hydrogen-bond acceptors (Lipinski definition) is 5. The van der Waals surface area contributed by atoms with Crippen molar-refractivity contribution in [1.82, 2.24) is 9.97 Å². The van der Waals surface area contributed by atoms with Crippen LogP contribution in [0.25, 0.3) is 0 Å². The first kappa shape index (κ1) is 10.0. The van der Waals surface area contributed by atoms with Gasteiger partial charge in [-0.2, -0.15) is 4.98 Å². The second-order valence-corrected chi connectivity index (χ2v) is 3.92. The summed E-state index contributed by atoms with van der Waals surface area (Å²) in [6, 6.07) is 0.409. The first-order chi connectivity index (χ1) is 7.22. The van der Waals surface area contributed by atoms with Gasteiger partial charge in [-0.15, -0.1) is 0 Å². The van der Waals surface area contributed by atoms with E-state index in [1.54, 1.807) is 7.11 Å². The van der Waals surface area contributed by atoms with Crippen LogP contribution in [0.1, 0.15) is 19.8 Å². The number of anilines is 2. The molecule has 2 rings (SSSR count). The molecule has 1 aliphatic rings. The van der Waals surface area contributed by atoms with Gasteiger partial charge in [-0.1, -0.05) is 0 Å². The second-order valence-electron chi connectivity index (χ2n) is 3.92. The van der Waals surface area contributed by atoms with Gasteiger partial charge in [-0.25, -0.2) is 4.98 Å². The average Bonchev–Trinajstić information content (AvgIpc) is 3.04. The fraction of sp³-hybridized carbons (Fsp3) is 0.600. The molecular formula is C10H16N4O. The Labute approximate surface area is 89.1 Å². The Balaban J connectivity index is 2.12. The van der Waals surface area contributed by atoms with Crippen molar-refractivity contribution < 1.29 is 4.74 Å². The smallest absolute Gasteiger partial charge is 0.242 e. The van der Waals surface area contributed by atoms with Crippen molar-refractivity contribution in [2.45, 2.75) is 25.8 Å². The lowest BCUT2D eigenvalue weighted by Gasteiger charge is -2.15. The lowest BCUT2D eigenvalue weighted by molar-refractivity contribution is 0.399. The first-order valence-electron chi connectivity index (χ1n) is 5.13. The highest BCUT2D eigenvalue weighted by molar-refractivity contribution is 5.66. The van der Waals surface area contributed by atoms with Gasteiger partial charge in [-0.05, 0) is 25.7 Å². The van der Waals surface area contributed by atoms with Crippen molar-refractivity contribution in [1.29, 1.82) is 0 Å². The Morgan fingerprint density at radius 2 is 2.27 bits per heavy atom. The van der Waals surface area contributed by atoms with Gasteiger partial charge in [0.05, 0.1) is 7.11 Å². The molecule has 0 bridgehead atoms. The van der Waals surface area contributed by atoms with Crippen molar-refractivity contribution >= 4 is 11.5 Å². The summed E-state index contributed by atoms with van der Waals surface area (Å²) in [6.45, 7) is 2.14. The molecule has 0 amide bonds. The van der Waals surface area contributed by atoms with Crippen molar-refractivity contribution in [3.63, 3.8) is 0 Å². The number of methoxy groups -OCH3 is 1. The molecule has 0 spiro atoms. The molecule has 3 N–H and O–H groups in total. The highest BCUT2D eigenvalue weighted by Crippen LogP contribution is 2.35. The molecule has 1 aliphatic carbocycles. The van der Waals surface area contributed by atoms with Crippen LogP contribution in [0.2, 0.25) is 0 Å². The second kappa shape index (κ2) is 3.92. The Morgan fingerprint density at radius 1 is 1.53 bits per heavy atom. The van der Waals surface area contributed by atoms with E-state index < -0.39 is 0 Å². The van der Waals surface area contributed by atoms with Gasteiger partial charge in [0.2, 0.25) is 5.88 Å². The minimum absolute atomic E-state index is 0.409. The average molecular weight is 208 g/mol. The summed E-state index contributed by atoms with van der Waals surface area (Å²) in [5, 5.41) is 3.29. The normalized spacial score (nSPS) is 17.2. The van der Waals surface area contributed by atoms with Crippen molar-refractivity contribution in [2.75, 3.05) is 18.2 Å². The lowest BCUT2D eigenvalue weighted by Crippen LogP contribution is -2.19. The van der Waals surface area contributed by atoms with Gasteiger partial charge >= 0.3 is 0 Å². The van der Waals surface area contributed by atoms with Gasteiger partial charge < -0.3 is 15.8 Å². The number of hydrogen-bond donors (Lipinski definition) is 2. The van der Waals surface area contributed by atoms with Crippen molar-refractivity contribution in [3.8, 4) is 5.88 Å². The molecule has 82 valence electrons. The van der Waals surface area contributed by atoms with Crippen LogP contribution >= 0.6 is 0 Å². The summed E-state index contributed by atoms with van der Waals surface area (Å²) in [6.07, 6.45) is 4.03.